The monoisotopic (exact) mass is 624 g/mol. The summed E-state index contributed by atoms with van der Waals surface area (Å²) in [5.74, 6) is -0.620. The first-order valence-electron chi connectivity index (χ1n) is 12.2. The molecule has 0 aromatic heterocycles. The smallest absolute Gasteiger partial charge is 0.392 e. The van der Waals surface area contributed by atoms with Crippen molar-refractivity contribution in [2.24, 2.45) is 5.16 Å². The van der Waals surface area contributed by atoms with Gasteiger partial charge in [-0.25, -0.2) is 0 Å². The maximum atomic E-state index is 14.4. The fourth-order valence-corrected chi connectivity index (χ4v) is 6.58. The molecule has 222 valence electrons. The van der Waals surface area contributed by atoms with Gasteiger partial charge in [0.25, 0.3) is 5.60 Å². The first-order valence-corrected chi connectivity index (χ1v) is 14.7. The van der Waals surface area contributed by atoms with Crippen LogP contribution in [0.25, 0.3) is 0 Å². The summed E-state index contributed by atoms with van der Waals surface area (Å²) in [6.45, 7) is 0.0596. The Hall–Kier alpha value is -2.81. The van der Waals surface area contributed by atoms with E-state index in [0.717, 1.165) is 11.6 Å². The normalized spacial score (nSPS) is 23.0. The molecule has 3 aliphatic rings. The van der Waals surface area contributed by atoms with E-state index >= 15 is 0 Å². The highest BCUT2D eigenvalue weighted by Crippen LogP contribution is 2.51. The van der Waals surface area contributed by atoms with Crippen molar-refractivity contribution in [3.8, 4) is 0 Å². The molecule has 3 aliphatic heterocycles. The summed E-state index contributed by atoms with van der Waals surface area (Å²) < 4.78 is 101. The molecule has 15 heteroatoms. The van der Waals surface area contributed by atoms with E-state index in [1.165, 1.54) is 22.6 Å². The van der Waals surface area contributed by atoms with Gasteiger partial charge in [0.05, 0.1) is 43.3 Å². The average Bonchev–Trinajstić information content (AvgIpc) is 3.45. The second-order valence-corrected chi connectivity index (χ2v) is 13.5. The number of alkyl halides is 6. The third kappa shape index (κ3) is 5.30. The number of rotatable bonds is 5. The third-order valence-electron chi connectivity index (χ3n) is 7.39. The molecular weight excluding hydrogens is 602 g/mol. The number of ether oxygens (including phenoxy) is 1. The van der Waals surface area contributed by atoms with Crippen LogP contribution in [0.2, 0.25) is 5.02 Å². The van der Waals surface area contributed by atoms with E-state index in [1.807, 2.05) is 0 Å². The quantitative estimate of drug-likeness (QED) is 0.398. The fraction of sp³-hybridized carbons (Fsp3) is 0.423. The number of fused-ring (bicyclic) bond motifs is 2. The van der Waals surface area contributed by atoms with Gasteiger partial charge in [-0.2, -0.15) is 26.3 Å². The van der Waals surface area contributed by atoms with Crippen molar-refractivity contribution >= 4 is 38.1 Å². The zero-order chi connectivity index (χ0) is 30.0. The molecule has 0 radical (unpaired) electrons. The molecule has 0 saturated carbocycles. The van der Waals surface area contributed by atoms with E-state index in [9.17, 15) is 35.3 Å². The maximum absolute atomic E-state index is 14.4. The highest BCUT2D eigenvalue weighted by molar-refractivity contribution is 8.01. The van der Waals surface area contributed by atoms with Crippen LogP contribution >= 0.6 is 11.6 Å². The van der Waals surface area contributed by atoms with Crippen LogP contribution in [-0.2, 0) is 47.9 Å². The molecule has 0 bridgehead atoms. The summed E-state index contributed by atoms with van der Waals surface area (Å²) in [6, 6.07) is 6.43. The molecule has 5 rings (SSSR count). The largest absolute Gasteiger partial charge is 0.435 e. The standard InChI is InChI=1S/C26H23ClF6N2O5S/c1-41(38,5-4-36)12-22(37)35-13-23(14-35)20-3-2-15(6-16(20)11-39-23)21-10-24(40-34-21,26(31,32)33)17-7-18(25(28,29)30)9-19(27)8-17/h2-3,5-9,36H,4,10-14H2,1H3/t24-,41?/m0/s1. The lowest BCUT2D eigenvalue weighted by atomic mass is 9.83. The summed E-state index contributed by atoms with van der Waals surface area (Å²) in [6.07, 6.45) is -9.57. The van der Waals surface area contributed by atoms with Gasteiger partial charge in [0.15, 0.2) is 0 Å². The van der Waals surface area contributed by atoms with Crippen LogP contribution in [0.1, 0.15) is 34.2 Å². The molecule has 1 amide bonds. The average molecular weight is 625 g/mol. The molecule has 1 spiro atoms. The number of halogens is 7. The van der Waals surface area contributed by atoms with Gasteiger partial charge in [0.2, 0.25) is 5.91 Å². The van der Waals surface area contributed by atoms with Gasteiger partial charge in [0, 0.05) is 23.3 Å². The Labute approximate surface area is 235 Å². The van der Waals surface area contributed by atoms with Crippen LogP contribution in [0.15, 0.2) is 41.6 Å². The number of benzene rings is 2. The van der Waals surface area contributed by atoms with Gasteiger partial charge in [-0.3, -0.25) is 9.00 Å². The highest BCUT2D eigenvalue weighted by Gasteiger charge is 2.63. The molecule has 1 unspecified atom stereocenters. The number of likely N-dealkylation sites (tertiary alicyclic amines) is 1. The van der Waals surface area contributed by atoms with Crippen LogP contribution in [0.3, 0.4) is 0 Å². The molecule has 41 heavy (non-hydrogen) atoms. The maximum Gasteiger partial charge on any atom is 0.435 e. The lowest BCUT2D eigenvalue weighted by Gasteiger charge is -2.47. The van der Waals surface area contributed by atoms with Gasteiger partial charge < -0.3 is 19.6 Å². The summed E-state index contributed by atoms with van der Waals surface area (Å²) in [4.78, 5) is 18.9. The van der Waals surface area contributed by atoms with E-state index < -0.39 is 62.3 Å². The van der Waals surface area contributed by atoms with Crippen molar-refractivity contribution < 1.29 is 50.0 Å². The van der Waals surface area contributed by atoms with Crippen molar-refractivity contribution in [3.05, 3.63) is 69.2 Å². The molecule has 2 aromatic rings. The molecule has 2 aromatic carbocycles. The van der Waals surface area contributed by atoms with E-state index in [-0.39, 0.29) is 42.6 Å². The van der Waals surface area contributed by atoms with Gasteiger partial charge in [-0.05, 0) is 55.8 Å². The lowest BCUT2D eigenvalue weighted by Crippen LogP contribution is -2.62. The van der Waals surface area contributed by atoms with Gasteiger partial charge in [-0.1, -0.05) is 28.9 Å². The third-order valence-corrected chi connectivity index (χ3v) is 9.29. The van der Waals surface area contributed by atoms with Crippen molar-refractivity contribution in [2.45, 2.75) is 36.6 Å². The molecule has 3 heterocycles. The summed E-state index contributed by atoms with van der Waals surface area (Å²) in [5.41, 5.74) is -4.64. The number of nitrogens with zero attached hydrogens (tertiary/aromatic N) is 2. The number of aliphatic hydroxyl groups is 1. The zero-order valence-electron chi connectivity index (χ0n) is 21.3. The minimum absolute atomic E-state index is 0.107. The number of hydrogen-bond acceptors (Lipinski definition) is 6. The second kappa shape index (κ2) is 9.89. The topological polar surface area (TPSA) is 88.4 Å². The lowest BCUT2D eigenvalue weighted by molar-refractivity contribution is -0.276. The Balaban J connectivity index is 1.37. The Kier molecular flexibility index (Phi) is 7.16. The van der Waals surface area contributed by atoms with Crippen LogP contribution in [-0.4, -0.2) is 69.1 Å². The van der Waals surface area contributed by atoms with Gasteiger partial charge in [-0.15, -0.1) is 0 Å². The van der Waals surface area contributed by atoms with Crippen molar-refractivity contribution in [1.82, 2.24) is 4.90 Å². The Morgan fingerprint density at radius 2 is 1.88 bits per heavy atom. The summed E-state index contributed by atoms with van der Waals surface area (Å²) >= 11 is 5.76. The van der Waals surface area contributed by atoms with E-state index in [4.69, 9.17) is 26.3 Å². The molecule has 0 aliphatic carbocycles. The Morgan fingerprint density at radius 3 is 2.51 bits per heavy atom. The first kappa shape index (κ1) is 29.7. The van der Waals surface area contributed by atoms with E-state index in [2.05, 4.69) is 5.16 Å². The SMILES string of the molecule is CS(=O)(=CCO)CC(=O)N1CC2(C1)OCc1cc(C3=NO[C@@](c4cc(Cl)cc(C(F)(F)F)c4)(C(F)(F)F)C3)ccc12. The molecule has 2 atom stereocenters. The fourth-order valence-electron chi connectivity index (χ4n) is 5.24. The summed E-state index contributed by atoms with van der Waals surface area (Å²) in [7, 11) is -2.64. The molecule has 1 fully saturated rings. The van der Waals surface area contributed by atoms with Crippen LogP contribution in [0.4, 0.5) is 26.3 Å². The van der Waals surface area contributed by atoms with Crippen LogP contribution in [0, 0.1) is 0 Å². The second-order valence-electron chi connectivity index (χ2n) is 10.3. The first-order chi connectivity index (χ1) is 19.0. The number of hydrogen-bond donors (Lipinski definition) is 1. The molecular formula is C26H23ClF6N2O5S. The van der Waals surface area contributed by atoms with Gasteiger partial charge >= 0.3 is 12.4 Å². The minimum atomic E-state index is -5.13. The van der Waals surface area contributed by atoms with Crippen molar-refractivity contribution in [2.75, 3.05) is 31.7 Å². The van der Waals surface area contributed by atoms with Crippen LogP contribution < -0.4 is 0 Å². The van der Waals surface area contributed by atoms with E-state index in [1.54, 1.807) is 12.1 Å². The predicted molar refractivity (Wildman–Crippen MR) is 138 cm³/mol. The number of oxime groups is 1. The predicted octanol–water partition coefficient (Wildman–Crippen LogP) is 4.22. The number of amides is 1. The zero-order valence-corrected chi connectivity index (χ0v) is 22.9. The number of carbonyl (C=O) groups excluding carboxylic acids is 1. The molecule has 1 N–H and O–H groups in total. The highest BCUT2D eigenvalue weighted by atomic mass is 35.5. The summed E-state index contributed by atoms with van der Waals surface area (Å²) in [5, 5.41) is 13.3. The van der Waals surface area contributed by atoms with Crippen molar-refractivity contribution in [1.29, 1.82) is 0 Å². The number of carbonyl (C=O) groups is 1. The van der Waals surface area contributed by atoms with E-state index in [0.29, 0.717) is 17.7 Å². The molecule has 1 saturated heterocycles. The molecule has 7 nitrogen and oxygen atoms in total. The van der Waals surface area contributed by atoms with Gasteiger partial charge in [0.1, 0.15) is 5.60 Å². The minimum Gasteiger partial charge on any atom is -0.392 e. The van der Waals surface area contributed by atoms with Crippen molar-refractivity contribution in [3.63, 3.8) is 0 Å². The Bertz CT molecular complexity index is 1560. The number of aliphatic hydroxyl groups excluding tert-OH is 1. The Morgan fingerprint density at radius 1 is 1.17 bits per heavy atom. The van der Waals surface area contributed by atoms with Crippen LogP contribution in [0.5, 0.6) is 0 Å².